The number of carbonyl (C=O) groups is 1. The fourth-order valence-corrected chi connectivity index (χ4v) is 1.55. The average molecular weight is 196 g/mol. The van der Waals surface area contributed by atoms with Gasteiger partial charge in [0.15, 0.2) is 0 Å². The van der Waals surface area contributed by atoms with E-state index in [1.54, 1.807) is 17.8 Å². The molecule has 2 rings (SSSR count). The normalized spacial score (nSPS) is 20.5. The number of carboxylic acids is 1. The van der Waals surface area contributed by atoms with E-state index in [1.165, 1.54) is 0 Å². The molecule has 0 bridgehead atoms. The summed E-state index contributed by atoms with van der Waals surface area (Å²) in [5.41, 5.74) is 0.817. The molecular weight excluding hydrogens is 184 g/mol. The van der Waals surface area contributed by atoms with E-state index in [9.17, 15) is 4.79 Å². The van der Waals surface area contributed by atoms with Crippen LogP contribution in [-0.4, -0.2) is 33.3 Å². The molecule has 76 valence electrons. The number of aromatic carboxylic acids is 1. The Morgan fingerprint density at radius 1 is 1.86 bits per heavy atom. The van der Waals surface area contributed by atoms with Gasteiger partial charge in [0.05, 0.1) is 24.7 Å². The molecule has 0 saturated carbocycles. The first kappa shape index (κ1) is 9.21. The number of rotatable bonds is 3. The molecular formula is C9H12N2O3. The molecule has 1 aliphatic heterocycles. The van der Waals surface area contributed by atoms with Crippen LogP contribution in [-0.2, 0) is 11.3 Å². The largest absolute Gasteiger partial charge is 0.477 e. The van der Waals surface area contributed by atoms with Crippen LogP contribution in [0.1, 0.15) is 22.6 Å². The van der Waals surface area contributed by atoms with Gasteiger partial charge in [-0.3, -0.25) is 0 Å². The van der Waals surface area contributed by atoms with Crippen molar-refractivity contribution < 1.29 is 14.6 Å². The lowest BCUT2D eigenvalue weighted by molar-refractivity contribution is -0.0595. The summed E-state index contributed by atoms with van der Waals surface area (Å²) in [5.74, 6) is -0.931. The van der Waals surface area contributed by atoms with Gasteiger partial charge in [-0.25, -0.2) is 9.78 Å². The zero-order chi connectivity index (χ0) is 10.1. The van der Waals surface area contributed by atoms with Gasteiger partial charge < -0.3 is 14.4 Å². The van der Waals surface area contributed by atoms with Gasteiger partial charge in [0.2, 0.25) is 0 Å². The van der Waals surface area contributed by atoms with Crippen molar-refractivity contribution >= 4 is 5.97 Å². The Bertz CT molecular complexity index is 355. The summed E-state index contributed by atoms with van der Waals surface area (Å²) in [6, 6.07) is 0. The summed E-state index contributed by atoms with van der Waals surface area (Å²) in [7, 11) is 0. The molecule has 0 aliphatic carbocycles. The van der Waals surface area contributed by atoms with Crippen LogP contribution in [0.2, 0.25) is 0 Å². The molecule has 5 nitrogen and oxygen atoms in total. The van der Waals surface area contributed by atoms with Crippen molar-refractivity contribution in [1.29, 1.82) is 0 Å². The molecule has 2 heterocycles. The molecule has 1 aromatic rings. The van der Waals surface area contributed by atoms with Gasteiger partial charge in [-0.1, -0.05) is 0 Å². The van der Waals surface area contributed by atoms with E-state index in [4.69, 9.17) is 9.84 Å². The summed E-state index contributed by atoms with van der Waals surface area (Å²) in [5, 5.41) is 8.94. The van der Waals surface area contributed by atoms with Gasteiger partial charge in [-0.05, 0) is 13.3 Å². The number of aryl methyl sites for hydroxylation is 1. The monoisotopic (exact) mass is 196 g/mol. The number of hydrogen-bond acceptors (Lipinski definition) is 3. The summed E-state index contributed by atoms with van der Waals surface area (Å²) < 4.78 is 6.88. The SMILES string of the molecule is Cc1ncn(C[C@@H]2CCO2)c1C(=O)O. The second kappa shape index (κ2) is 3.42. The third-order valence-corrected chi connectivity index (χ3v) is 2.42. The fraction of sp³-hybridized carbons (Fsp3) is 0.556. The Morgan fingerprint density at radius 2 is 2.57 bits per heavy atom. The van der Waals surface area contributed by atoms with E-state index < -0.39 is 5.97 Å². The zero-order valence-corrected chi connectivity index (χ0v) is 7.93. The van der Waals surface area contributed by atoms with E-state index in [-0.39, 0.29) is 11.8 Å². The van der Waals surface area contributed by atoms with E-state index in [0.717, 1.165) is 13.0 Å². The molecule has 1 saturated heterocycles. The molecule has 1 atom stereocenters. The number of imidazole rings is 1. The second-order valence-electron chi connectivity index (χ2n) is 3.42. The van der Waals surface area contributed by atoms with Crippen LogP contribution in [0.5, 0.6) is 0 Å². The van der Waals surface area contributed by atoms with Crippen LogP contribution in [0.25, 0.3) is 0 Å². The quantitative estimate of drug-likeness (QED) is 0.772. The minimum absolute atomic E-state index is 0.154. The first-order valence-electron chi connectivity index (χ1n) is 4.55. The summed E-state index contributed by atoms with van der Waals surface area (Å²) >= 11 is 0. The lowest BCUT2D eigenvalue weighted by Gasteiger charge is -2.26. The molecule has 1 N–H and O–H groups in total. The van der Waals surface area contributed by atoms with Crippen LogP contribution in [0, 0.1) is 6.92 Å². The summed E-state index contributed by atoms with van der Waals surface area (Å²) in [4.78, 5) is 14.9. The van der Waals surface area contributed by atoms with Crippen LogP contribution >= 0.6 is 0 Å². The van der Waals surface area contributed by atoms with E-state index in [0.29, 0.717) is 12.2 Å². The maximum absolute atomic E-state index is 10.9. The van der Waals surface area contributed by atoms with Gasteiger partial charge >= 0.3 is 5.97 Å². The number of ether oxygens (including phenoxy) is 1. The van der Waals surface area contributed by atoms with Crippen molar-refractivity contribution in [3.8, 4) is 0 Å². The van der Waals surface area contributed by atoms with Gasteiger partial charge in [0, 0.05) is 6.61 Å². The van der Waals surface area contributed by atoms with Crippen LogP contribution in [0.3, 0.4) is 0 Å². The van der Waals surface area contributed by atoms with Crippen molar-refractivity contribution in [1.82, 2.24) is 9.55 Å². The molecule has 0 spiro atoms. The number of carboxylic acid groups (broad SMARTS) is 1. The Morgan fingerprint density at radius 3 is 3.07 bits per heavy atom. The Balaban J connectivity index is 2.19. The minimum Gasteiger partial charge on any atom is -0.477 e. The van der Waals surface area contributed by atoms with Gasteiger partial charge in [0.25, 0.3) is 0 Å². The third-order valence-electron chi connectivity index (χ3n) is 2.42. The lowest BCUT2D eigenvalue weighted by Crippen LogP contribution is -2.32. The summed E-state index contributed by atoms with van der Waals surface area (Å²) in [6.07, 6.45) is 2.71. The maximum atomic E-state index is 10.9. The number of nitrogens with zero attached hydrogens (tertiary/aromatic N) is 2. The van der Waals surface area contributed by atoms with Crippen molar-refractivity contribution in [2.75, 3.05) is 6.61 Å². The topological polar surface area (TPSA) is 64.4 Å². The predicted octanol–water partition coefficient (Wildman–Crippen LogP) is 0.679. The fourth-order valence-electron chi connectivity index (χ4n) is 1.55. The molecule has 0 amide bonds. The van der Waals surface area contributed by atoms with Crippen molar-refractivity contribution in [3.63, 3.8) is 0 Å². The highest BCUT2D eigenvalue weighted by Gasteiger charge is 2.22. The van der Waals surface area contributed by atoms with Crippen molar-refractivity contribution in [3.05, 3.63) is 17.7 Å². The average Bonchev–Trinajstić information content (AvgIpc) is 2.39. The highest BCUT2D eigenvalue weighted by atomic mass is 16.5. The van der Waals surface area contributed by atoms with Gasteiger partial charge in [-0.15, -0.1) is 0 Å². The van der Waals surface area contributed by atoms with E-state index in [2.05, 4.69) is 4.98 Å². The first-order chi connectivity index (χ1) is 6.68. The second-order valence-corrected chi connectivity index (χ2v) is 3.42. The maximum Gasteiger partial charge on any atom is 0.354 e. The molecule has 1 aromatic heterocycles. The molecule has 1 fully saturated rings. The standard InChI is InChI=1S/C9H12N2O3/c1-6-8(9(12)13)11(5-10-6)4-7-2-3-14-7/h5,7H,2-4H2,1H3,(H,12,13)/t7-/m0/s1. The highest BCUT2D eigenvalue weighted by Crippen LogP contribution is 2.15. The summed E-state index contributed by atoms with van der Waals surface area (Å²) in [6.45, 7) is 3.06. The molecule has 5 heteroatoms. The molecule has 0 radical (unpaired) electrons. The highest BCUT2D eigenvalue weighted by molar-refractivity contribution is 5.86. The van der Waals surface area contributed by atoms with Crippen LogP contribution < -0.4 is 0 Å². The Kier molecular flexibility index (Phi) is 2.25. The first-order valence-corrected chi connectivity index (χ1v) is 4.55. The minimum atomic E-state index is -0.931. The third kappa shape index (κ3) is 1.50. The van der Waals surface area contributed by atoms with Gasteiger partial charge in [0.1, 0.15) is 5.69 Å². The zero-order valence-electron chi connectivity index (χ0n) is 7.93. The van der Waals surface area contributed by atoms with Crippen LogP contribution in [0.15, 0.2) is 6.33 Å². The van der Waals surface area contributed by atoms with E-state index >= 15 is 0 Å². The lowest BCUT2D eigenvalue weighted by atomic mass is 10.2. The Labute approximate surface area is 81.3 Å². The smallest absolute Gasteiger partial charge is 0.354 e. The molecule has 0 aromatic carbocycles. The molecule has 0 unspecified atom stereocenters. The van der Waals surface area contributed by atoms with Crippen LogP contribution in [0.4, 0.5) is 0 Å². The molecule has 1 aliphatic rings. The number of aromatic nitrogens is 2. The number of hydrogen-bond donors (Lipinski definition) is 1. The van der Waals surface area contributed by atoms with Crippen molar-refractivity contribution in [2.45, 2.75) is 26.0 Å². The van der Waals surface area contributed by atoms with Crippen molar-refractivity contribution in [2.24, 2.45) is 0 Å². The Hall–Kier alpha value is -1.36. The predicted molar refractivity (Wildman–Crippen MR) is 48.3 cm³/mol. The van der Waals surface area contributed by atoms with E-state index in [1.807, 2.05) is 0 Å². The van der Waals surface area contributed by atoms with Gasteiger partial charge in [-0.2, -0.15) is 0 Å². The molecule has 14 heavy (non-hydrogen) atoms.